The molecule has 0 spiro atoms. The molecule has 2 rings (SSSR count). The van der Waals surface area contributed by atoms with Crippen LogP contribution in [0.5, 0.6) is 0 Å². The van der Waals surface area contributed by atoms with Crippen molar-refractivity contribution in [3.05, 3.63) is 0 Å². The fourth-order valence-electron chi connectivity index (χ4n) is 2.74. The van der Waals surface area contributed by atoms with Crippen molar-refractivity contribution in [3.63, 3.8) is 0 Å². The summed E-state index contributed by atoms with van der Waals surface area (Å²) in [5.41, 5.74) is 0. The van der Waals surface area contributed by atoms with Gasteiger partial charge >= 0.3 is 0 Å². The minimum Gasteiger partial charge on any atom is -0.387 e. The number of hydrogen-bond donors (Lipinski definition) is 7. The van der Waals surface area contributed by atoms with Gasteiger partial charge in [-0.15, -0.1) is 0 Å². The minimum absolute atomic E-state index is 0.0470. The average Bonchev–Trinajstić information content (AvgIpc) is 2.60. The van der Waals surface area contributed by atoms with Crippen LogP contribution in [0.4, 0.5) is 0 Å². The van der Waals surface area contributed by atoms with Gasteiger partial charge in [-0.05, 0) is 13.8 Å². The Morgan fingerprint density at radius 2 is 1.23 bits per heavy atom. The number of aliphatic hydroxyl groups excluding tert-OH is 7. The van der Waals surface area contributed by atoms with Crippen LogP contribution in [0.2, 0.25) is 0 Å². The Labute approximate surface area is 150 Å². The molecule has 2 saturated heterocycles. The van der Waals surface area contributed by atoms with Crippen molar-refractivity contribution in [2.45, 2.75) is 81.4 Å². The summed E-state index contributed by atoms with van der Waals surface area (Å²) in [5.74, 6) is 0. The summed E-state index contributed by atoms with van der Waals surface area (Å²) >= 11 is 0. The van der Waals surface area contributed by atoms with E-state index < -0.39 is 68.0 Å². The second kappa shape index (κ2) is 9.17. The highest BCUT2D eigenvalue weighted by molar-refractivity contribution is 4.91. The average molecular weight is 384 g/mol. The van der Waals surface area contributed by atoms with E-state index >= 15 is 0 Å². The van der Waals surface area contributed by atoms with Crippen molar-refractivity contribution in [3.8, 4) is 0 Å². The second-order valence-corrected chi connectivity index (χ2v) is 6.77. The second-order valence-electron chi connectivity index (χ2n) is 6.77. The van der Waals surface area contributed by atoms with Gasteiger partial charge in [-0.25, -0.2) is 0 Å². The predicted octanol–water partition coefficient (Wildman–Crippen LogP) is -3.96. The van der Waals surface area contributed by atoms with Crippen LogP contribution in [0.25, 0.3) is 0 Å². The van der Waals surface area contributed by atoms with Gasteiger partial charge in [0.15, 0.2) is 12.6 Å². The SMILES string of the molecule is CC(C)OC[C@H]1O[C@H](OC[C@H]2O[C@@H](O)[C@H](O)[C@@H](O)[C@@H]2O)[C@H](O)[C@@H](O)[C@@H]1O. The van der Waals surface area contributed by atoms with Gasteiger partial charge in [0.2, 0.25) is 0 Å². The monoisotopic (exact) mass is 384 g/mol. The van der Waals surface area contributed by atoms with Gasteiger partial charge in [-0.2, -0.15) is 0 Å². The highest BCUT2D eigenvalue weighted by Crippen LogP contribution is 2.25. The van der Waals surface area contributed by atoms with Gasteiger partial charge in [0, 0.05) is 0 Å². The zero-order chi connectivity index (χ0) is 19.6. The lowest BCUT2D eigenvalue weighted by Crippen LogP contribution is -2.61. The van der Waals surface area contributed by atoms with Gasteiger partial charge in [-0.3, -0.25) is 0 Å². The molecule has 2 aliphatic heterocycles. The van der Waals surface area contributed by atoms with E-state index in [1.54, 1.807) is 13.8 Å². The molecule has 26 heavy (non-hydrogen) atoms. The van der Waals surface area contributed by atoms with Crippen molar-refractivity contribution in [1.29, 1.82) is 0 Å². The Morgan fingerprint density at radius 1 is 0.692 bits per heavy atom. The highest BCUT2D eigenvalue weighted by Gasteiger charge is 2.47. The summed E-state index contributed by atoms with van der Waals surface area (Å²) in [7, 11) is 0. The third-order valence-corrected chi connectivity index (χ3v) is 4.37. The molecule has 0 unspecified atom stereocenters. The van der Waals surface area contributed by atoms with E-state index in [-0.39, 0.29) is 12.7 Å². The molecule has 0 radical (unpaired) electrons. The summed E-state index contributed by atoms with van der Waals surface area (Å²) in [5, 5.41) is 68.4. The maximum Gasteiger partial charge on any atom is 0.186 e. The standard InChI is InChI=1S/C15H28O11/c1-5(2)23-3-7-9(17)11(19)13(21)15(26-7)24-4-6-8(16)10(18)12(20)14(22)25-6/h5-22H,3-4H2,1-2H3/t6-,7-,8-,9-,10+,11+,12-,13-,14-,15+/m1/s1. The lowest BCUT2D eigenvalue weighted by atomic mass is 9.98. The van der Waals surface area contributed by atoms with Crippen LogP contribution in [0.3, 0.4) is 0 Å². The van der Waals surface area contributed by atoms with Crippen molar-refractivity contribution < 1.29 is 54.7 Å². The largest absolute Gasteiger partial charge is 0.387 e. The molecule has 0 aliphatic carbocycles. The first-order valence-corrected chi connectivity index (χ1v) is 8.44. The summed E-state index contributed by atoms with van der Waals surface area (Å²) in [4.78, 5) is 0. The molecule has 2 heterocycles. The quantitative estimate of drug-likeness (QED) is 0.237. The lowest BCUT2D eigenvalue weighted by Gasteiger charge is -2.42. The molecule has 0 saturated carbocycles. The van der Waals surface area contributed by atoms with E-state index in [0.717, 1.165) is 0 Å². The van der Waals surface area contributed by atoms with Crippen molar-refractivity contribution >= 4 is 0 Å². The van der Waals surface area contributed by atoms with E-state index in [0.29, 0.717) is 0 Å². The molecular formula is C15H28O11. The number of rotatable bonds is 6. The van der Waals surface area contributed by atoms with Crippen LogP contribution in [-0.4, -0.2) is 116 Å². The zero-order valence-corrected chi connectivity index (χ0v) is 14.5. The van der Waals surface area contributed by atoms with Gasteiger partial charge in [0.1, 0.15) is 48.8 Å². The Balaban J connectivity index is 1.94. The van der Waals surface area contributed by atoms with Gasteiger partial charge < -0.3 is 54.7 Å². The van der Waals surface area contributed by atoms with Crippen LogP contribution in [-0.2, 0) is 18.9 Å². The Hall–Kier alpha value is -0.440. The molecule has 154 valence electrons. The van der Waals surface area contributed by atoms with E-state index in [1.807, 2.05) is 0 Å². The van der Waals surface area contributed by atoms with Crippen LogP contribution >= 0.6 is 0 Å². The molecule has 0 amide bonds. The van der Waals surface area contributed by atoms with Crippen LogP contribution in [0, 0.1) is 0 Å². The van der Waals surface area contributed by atoms with E-state index in [4.69, 9.17) is 18.9 Å². The lowest BCUT2D eigenvalue weighted by molar-refractivity contribution is -0.327. The first-order valence-electron chi connectivity index (χ1n) is 8.44. The first kappa shape index (κ1) is 21.9. The normalized spacial score (nSPS) is 47.3. The summed E-state index contributed by atoms with van der Waals surface area (Å²) in [6, 6.07) is 0. The van der Waals surface area contributed by atoms with E-state index in [2.05, 4.69) is 0 Å². The molecule has 11 nitrogen and oxygen atoms in total. The summed E-state index contributed by atoms with van der Waals surface area (Å²) in [6.45, 7) is 3.08. The molecule has 2 fully saturated rings. The maximum atomic E-state index is 10.0. The molecule has 10 atom stereocenters. The Bertz CT molecular complexity index is 436. The third-order valence-electron chi connectivity index (χ3n) is 4.37. The molecular weight excluding hydrogens is 356 g/mol. The Morgan fingerprint density at radius 3 is 1.81 bits per heavy atom. The highest BCUT2D eigenvalue weighted by atomic mass is 16.7. The molecule has 0 aromatic carbocycles. The minimum atomic E-state index is -1.72. The van der Waals surface area contributed by atoms with Crippen LogP contribution in [0.15, 0.2) is 0 Å². The van der Waals surface area contributed by atoms with Gasteiger partial charge in [0.05, 0.1) is 19.3 Å². The van der Waals surface area contributed by atoms with E-state index in [1.165, 1.54) is 0 Å². The van der Waals surface area contributed by atoms with Gasteiger partial charge in [-0.1, -0.05) is 0 Å². The van der Waals surface area contributed by atoms with Crippen molar-refractivity contribution in [2.75, 3.05) is 13.2 Å². The fourth-order valence-corrected chi connectivity index (χ4v) is 2.74. The first-order chi connectivity index (χ1) is 12.1. The smallest absolute Gasteiger partial charge is 0.186 e. The molecule has 7 N–H and O–H groups in total. The summed E-state index contributed by atoms with van der Waals surface area (Å²) < 4.78 is 21.0. The van der Waals surface area contributed by atoms with Crippen LogP contribution in [0.1, 0.15) is 13.8 Å². The number of aliphatic hydroxyl groups is 7. The van der Waals surface area contributed by atoms with Crippen molar-refractivity contribution in [2.24, 2.45) is 0 Å². The molecule has 0 aromatic rings. The van der Waals surface area contributed by atoms with E-state index in [9.17, 15) is 35.7 Å². The molecule has 0 bridgehead atoms. The van der Waals surface area contributed by atoms with Crippen molar-refractivity contribution in [1.82, 2.24) is 0 Å². The number of hydrogen-bond acceptors (Lipinski definition) is 11. The summed E-state index contributed by atoms with van der Waals surface area (Å²) in [6.07, 6.45) is -14.8. The predicted molar refractivity (Wildman–Crippen MR) is 82.6 cm³/mol. The van der Waals surface area contributed by atoms with Crippen LogP contribution < -0.4 is 0 Å². The number of ether oxygens (including phenoxy) is 4. The topological polar surface area (TPSA) is 179 Å². The fraction of sp³-hybridized carbons (Fsp3) is 1.00. The molecule has 11 heteroatoms. The zero-order valence-electron chi connectivity index (χ0n) is 14.5. The van der Waals surface area contributed by atoms with Gasteiger partial charge in [0.25, 0.3) is 0 Å². The Kier molecular flexibility index (Phi) is 7.71. The third kappa shape index (κ3) is 4.88. The maximum absolute atomic E-state index is 10.0. The molecule has 2 aliphatic rings. The molecule has 0 aromatic heterocycles.